The lowest BCUT2D eigenvalue weighted by Gasteiger charge is -1.98. The van der Waals surface area contributed by atoms with E-state index in [2.05, 4.69) is 29.3 Å². The first-order valence-electron chi connectivity index (χ1n) is 6.79. The topological polar surface area (TPSA) is 24.7 Å². The molecule has 21 heavy (non-hydrogen) atoms. The fraction of sp³-hybridized carbons (Fsp3) is 0.176. The molecule has 0 atom stereocenters. The van der Waals surface area contributed by atoms with Gasteiger partial charge in [-0.1, -0.05) is 55.3 Å². The molecule has 0 amide bonds. The highest BCUT2D eigenvalue weighted by Crippen LogP contribution is 2.14. The number of hydrogen-bond donors (Lipinski definition) is 0. The maximum absolute atomic E-state index is 13.2. The minimum Gasteiger partial charge on any atom is -0.205 e. The van der Waals surface area contributed by atoms with Gasteiger partial charge in [0.1, 0.15) is 5.82 Å². The van der Waals surface area contributed by atoms with Crippen molar-refractivity contribution in [1.29, 1.82) is 0 Å². The van der Waals surface area contributed by atoms with Crippen molar-refractivity contribution in [3.05, 3.63) is 70.0 Å². The molecule has 0 radical (unpaired) electrons. The number of aryl methyl sites for hydroxylation is 1. The van der Waals surface area contributed by atoms with E-state index in [1.165, 1.54) is 23.9 Å². The zero-order valence-corrected chi connectivity index (χ0v) is 12.5. The Hall–Kier alpha value is -2.00. The van der Waals surface area contributed by atoms with Gasteiger partial charge in [-0.25, -0.2) is 4.39 Å². The van der Waals surface area contributed by atoms with Crippen LogP contribution in [-0.4, -0.2) is 12.4 Å². The summed E-state index contributed by atoms with van der Waals surface area (Å²) in [6.07, 6.45) is 5.37. The highest BCUT2D eigenvalue weighted by molar-refractivity contribution is 6.30. The van der Waals surface area contributed by atoms with E-state index in [1.807, 2.05) is 12.1 Å². The van der Waals surface area contributed by atoms with Gasteiger partial charge in [-0.2, -0.15) is 10.2 Å². The summed E-state index contributed by atoms with van der Waals surface area (Å²) in [5.41, 5.74) is 2.91. The lowest BCUT2D eigenvalue weighted by atomic mass is 10.1. The fourth-order valence-corrected chi connectivity index (χ4v) is 1.97. The Kier molecular flexibility index (Phi) is 5.64. The molecule has 0 N–H and O–H groups in total. The van der Waals surface area contributed by atoms with Crippen LogP contribution in [0.3, 0.4) is 0 Å². The zero-order chi connectivity index (χ0) is 15.1. The molecule has 108 valence electrons. The molecule has 0 aliphatic heterocycles. The lowest BCUT2D eigenvalue weighted by Crippen LogP contribution is -1.86. The van der Waals surface area contributed by atoms with Gasteiger partial charge in [-0.15, -0.1) is 0 Å². The highest BCUT2D eigenvalue weighted by atomic mass is 35.5. The molecular formula is C17H16ClFN2. The smallest absolute Gasteiger partial charge is 0.142 e. The molecule has 0 heterocycles. The summed E-state index contributed by atoms with van der Waals surface area (Å²) >= 11 is 5.61. The zero-order valence-electron chi connectivity index (χ0n) is 11.8. The van der Waals surface area contributed by atoms with Crippen molar-refractivity contribution in [3.8, 4) is 0 Å². The third kappa shape index (κ3) is 4.80. The van der Waals surface area contributed by atoms with Crippen LogP contribution >= 0.6 is 11.6 Å². The maximum Gasteiger partial charge on any atom is 0.142 e. The molecule has 0 fully saturated rings. The van der Waals surface area contributed by atoms with Crippen molar-refractivity contribution in [1.82, 2.24) is 0 Å². The van der Waals surface area contributed by atoms with E-state index < -0.39 is 5.82 Å². The third-order valence-electron chi connectivity index (χ3n) is 2.94. The Labute approximate surface area is 129 Å². The van der Waals surface area contributed by atoms with Crippen molar-refractivity contribution >= 4 is 24.0 Å². The lowest BCUT2D eigenvalue weighted by molar-refractivity contribution is 0.628. The molecule has 2 aromatic rings. The summed E-state index contributed by atoms with van der Waals surface area (Å²) in [6.45, 7) is 2.16. The summed E-state index contributed by atoms with van der Waals surface area (Å²) < 4.78 is 13.2. The number of nitrogens with zero attached hydrogens (tertiary/aromatic N) is 2. The molecule has 2 aromatic carbocycles. The van der Waals surface area contributed by atoms with Crippen molar-refractivity contribution in [2.75, 3.05) is 0 Å². The first-order chi connectivity index (χ1) is 10.2. The number of rotatable bonds is 5. The van der Waals surface area contributed by atoms with Gasteiger partial charge in [-0.05, 0) is 35.2 Å². The largest absolute Gasteiger partial charge is 0.205 e. The Balaban J connectivity index is 1.97. The minimum absolute atomic E-state index is 0.0998. The molecule has 0 aliphatic carbocycles. The second kappa shape index (κ2) is 7.70. The summed E-state index contributed by atoms with van der Waals surface area (Å²) in [7, 11) is 0. The second-order valence-corrected chi connectivity index (χ2v) is 5.06. The average molecular weight is 303 g/mol. The molecule has 0 aliphatic rings. The third-order valence-corrected chi connectivity index (χ3v) is 3.25. The van der Waals surface area contributed by atoms with E-state index in [-0.39, 0.29) is 5.02 Å². The minimum atomic E-state index is -0.462. The second-order valence-electron chi connectivity index (χ2n) is 4.65. The van der Waals surface area contributed by atoms with Gasteiger partial charge in [0, 0.05) is 0 Å². The predicted molar refractivity (Wildman–Crippen MR) is 87.0 cm³/mol. The Bertz CT molecular complexity index is 648. The van der Waals surface area contributed by atoms with E-state index in [0.717, 1.165) is 18.4 Å². The molecule has 2 nitrogen and oxygen atoms in total. The van der Waals surface area contributed by atoms with Crippen LogP contribution in [0.25, 0.3) is 0 Å². The summed E-state index contributed by atoms with van der Waals surface area (Å²) in [6, 6.07) is 12.7. The van der Waals surface area contributed by atoms with Gasteiger partial charge in [-0.3, -0.25) is 0 Å². The van der Waals surface area contributed by atoms with E-state index in [1.54, 1.807) is 12.3 Å². The van der Waals surface area contributed by atoms with E-state index >= 15 is 0 Å². The average Bonchev–Trinajstić information content (AvgIpc) is 2.49. The molecule has 0 aromatic heterocycles. The molecule has 2 rings (SSSR count). The van der Waals surface area contributed by atoms with Crippen LogP contribution in [0.2, 0.25) is 5.02 Å². The molecule has 0 saturated heterocycles. The molecule has 0 spiro atoms. The van der Waals surface area contributed by atoms with Crippen molar-refractivity contribution in [2.45, 2.75) is 19.8 Å². The molecular weight excluding hydrogens is 287 g/mol. The summed E-state index contributed by atoms with van der Waals surface area (Å²) in [4.78, 5) is 0. The summed E-state index contributed by atoms with van der Waals surface area (Å²) in [5, 5.41) is 7.95. The Morgan fingerprint density at radius 2 is 1.62 bits per heavy atom. The molecule has 0 saturated carbocycles. The van der Waals surface area contributed by atoms with Gasteiger partial charge in [0.25, 0.3) is 0 Å². The van der Waals surface area contributed by atoms with Crippen molar-refractivity contribution in [3.63, 3.8) is 0 Å². The van der Waals surface area contributed by atoms with Crippen molar-refractivity contribution < 1.29 is 4.39 Å². The van der Waals surface area contributed by atoms with Gasteiger partial charge >= 0.3 is 0 Å². The Morgan fingerprint density at radius 1 is 1.00 bits per heavy atom. The standard InChI is InChI=1S/C17H16ClFN2/c1-2-3-13-4-6-14(7-5-13)11-20-21-12-15-8-9-16(18)17(19)10-15/h4-12H,2-3H2,1H3. The number of hydrogen-bond acceptors (Lipinski definition) is 2. The van der Waals surface area contributed by atoms with E-state index in [9.17, 15) is 4.39 Å². The van der Waals surface area contributed by atoms with Crippen LogP contribution in [0.1, 0.15) is 30.0 Å². The molecule has 4 heteroatoms. The molecule has 0 bridgehead atoms. The molecule has 0 unspecified atom stereocenters. The van der Waals surface area contributed by atoms with Crippen LogP contribution < -0.4 is 0 Å². The highest BCUT2D eigenvalue weighted by Gasteiger charge is 1.98. The van der Waals surface area contributed by atoms with Crippen LogP contribution in [-0.2, 0) is 6.42 Å². The van der Waals surface area contributed by atoms with Crippen LogP contribution in [0, 0.1) is 5.82 Å². The van der Waals surface area contributed by atoms with Gasteiger partial charge < -0.3 is 0 Å². The van der Waals surface area contributed by atoms with Gasteiger partial charge in [0.05, 0.1) is 17.5 Å². The SMILES string of the molecule is CCCc1ccc(C=NN=Cc2ccc(Cl)c(F)c2)cc1. The maximum atomic E-state index is 13.2. The predicted octanol–water partition coefficient (Wildman–Crippen LogP) is 4.88. The quantitative estimate of drug-likeness (QED) is 0.555. The van der Waals surface area contributed by atoms with E-state index in [0.29, 0.717) is 5.56 Å². The fourth-order valence-electron chi connectivity index (χ4n) is 1.85. The van der Waals surface area contributed by atoms with E-state index in [4.69, 9.17) is 11.6 Å². The van der Waals surface area contributed by atoms with Crippen LogP contribution in [0.15, 0.2) is 52.7 Å². The van der Waals surface area contributed by atoms with Gasteiger partial charge in [0.15, 0.2) is 0 Å². The number of halogens is 2. The first-order valence-corrected chi connectivity index (χ1v) is 7.17. The Morgan fingerprint density at radius 3 is 2.24 bits per heavy atom. The normalized spacial score (nSPS) is 11.6. The van der Waals surface area contributed by atoms with Crippen LogP contribution in [0.4, 0.5) is 4.39 Å². The summed E-state index contributed by atoms with van der Waals surface area (Å²) in [5.74, 6) is -0.462. The first kappa shape index (κ1) is 15.4. The van der Waals surface area contributed by atoms with Crippen molar-refractivity contribution in [2.24, 2.45) is 10.2 Å². The number of benzene rings is 2. The monoisotopic (exact) mass is 302 g/mol. The van der Waals surface area contributed by atoms with Gasteiger partial charge in [0.2, 0.25) is 0 Å². The van der Waals surface area contributed by atoms with Crippen LogP contribution in [0.5, 0.6) is 0 Å².